The topological polar surface area (TPSA) is 29.4 Å². The molecule has 0 bridgehead atoms. The molecule has 1 aliphatic heterocycles. The quantitative estimate of drug-likeness (QED) is 0.362. The van der Waals surface area contributed by atoms with E-state index in [4.69, 9.17) is 11.6 Å². The van der Waals surface area contributed by atoms with Crippen LogP contribution in [0.15, 0.2) is 17.1 Å². The number of alkyl halides is 1. The van der Waals surface area contributed by atoms with Gasteiger partial charge in [0, 0.05) is 11.6 Å². The Hall–Kier alpha value is -0.630. The number of aliphatic imine (C=N–C) groups is 1. The van der Waals surface area contributed by atoms with Crippen molar-refractivity contribution in [3.8, 4) is 0 Å². The summed E-state index contributed by atoms with van der Waals surface area (Å²) in [6.45, 7) is 0. The molecule has 2 nitrogen and oxygen atoms in total. The highest BCUT2D eigenvalue weighted by Crippen LogP contribution is 2.41. The molecule has 0 amide bonds. The number of halogens is 1. The average Bonchev–Trinajstić information content (AvgIpc) is 2.29. The number of Topliss-reactive ketones (excluding diaryl/α,β-unsaturated/α-hetero) is 1. The van der Waals surface area contributed by atoms with Gasteiger partial charge in [-0.2, -0.15) is 0 Å². The maximum absolute atomic E-state index is 12.3. The van der Waals surface area contributed by atoms with E-state index < -0.39 is 0 Å². The standard InChI is InChI=1S/C13H16ClNO/c14-12-6-5-10-11(15-12)7-8-3-1-2-4-9(8)13(10)16/h5-6,8-10,12H,1-4,7H2. The number of allylic oxidation sites excluding steroid dienone is 1. The van der Waals surface area contributed by atoms with Crippen LogP contribution in [-0.2, 0) is 4.79 Å². The Kier molecular flexibility index (Phi) is 2.62. The zero-order valence-electron chi connectivity index (χ0n) is 9.23. The van der Waals surface area contributed by atoms with E-state index in [2.05, 4.69) is 4.99 Å². The molecule has 3 rings (SSSR count). The summed E-state index contributed by atoms with van der Waals surface area (Å²) in [5.74, 6) is 1.20. The highest BCUT2D eigenvalue weighted by Gasteiger charge is 2.42. The van der Waals surface area contributed by atoms with Gasteiger partial charge >= 0.3 is 0 Å². The van der Waals surface area contributed by atoms with E-state index in [-0.39, 0.29) is 11.4 Å². The average molecular weight is 238 g/mol. The van der Waals surface area contributed by atoms with Crippen LogP contribution in [0.3, 0.4) is 0 Å². The molecular formula is C13H16ClNO. The van der Waals surface area contributed by atoms with Gasteiger partial charge in [-0.3, -0.25) is 9.79 Å². The van der Waals surface area contributed by atoms with Crippen molar-refractivity contribution < 1.29 is 4.79 Å². The summed E-state index contributed by atoms with van der Waals surface area (Å²) in [7, 11) is 0. The van der Waals surface area contributed by atoms with E-state index in [1.807, 2.05) is 12.2 Å². The van der Waals surface area contributed by atoms with Crippen LogP contribution >= 0.6 is 11.6 Å². The first-order valence-electron chi connectivity index (χ1n) is 6.18. The third-order valence-corrected chi connectivity index (χ3v) is 4.41. The molecule has 0 N–H and O–H groups in total. The number of dihydropyridines is 1. The number of fused-ring (bicyclic) bond motifs is 2. The van der Waals surface area contributed by atoms with Crippen molar-refractivity contribution in [3.63, 3.8) is 0 Å². The number of nitrogens with zero attached hydrogens (tertiary/aromatic N) is 1. The zero-order chi connectivity index (χ0) is 11.1. The summed E-state index contributed by atoms with van der Waals surface area (Å²) in [6, 6.07) is 0. The maximum atomic E-state index is 12.3. The minimum Gasteiger partial charge on any atom is -0.298 e. The van der Waals surface area contributed by atoms with Crippen LogP contribution in [0.1, 0.15) is 32.1 Å². The second-order valence-electron chi connectivity index (χ2n) is 5.11. The lowest BCUT2D eigenvalue weighted by Gasteiger charge is -2.39. The highest BCUT2D eigenvalue weighted by atomic mass is 35.5. The lowest BCUT2D eigenvalue weighted by molar-refractivity contribution is -0.127. The van der Waals surface area contributed by atoms with E-state index in [0.29, 0.717) is 17.6 Å². The Labute approximate surface area is 101 Å². The molecule has 4 atom stereocenters. The second kappa shape index (κ2) is 3.99. The summed E-state index contributed by atoms with van der Waals surface area (Å²) in [5, 5.41) is 0. The van der Waals surface area contributed by atoms with Crippen molar-refractivity contribution in [3.05, 3.63) is 12.2 Å². The van der Waals surface area contributed by atoms with Crippen LogP contribution in [0.5, 0.6) is 0 Å². The van der Waals surface area contributed by atoms with Crippen molar-refractivity contribution >= 4 is 23.1 Å². The molecule has 1 heterocycles. The smallest absolute Gasteiger partial charge is 0.148 e. The monoisotopic (exact) mass is 237 g/mol. The van der Waals surface area contributed by atoms with Gasteiger partial charge in [0.15, 0.2) is 0 Å². The lowest BCUT2D eigenvalue weighted by atomic mass is 9.65. The normalized spacial score (nSPS) is 42.3. The van der Waals surface area contributed by atoms with E-state index in [0.717, 1.165) is 18.6 Å². The van der Waals surface area contributed by atoms with Crippen molar-refractivity contribution in [1.29, 1.82) is 0 Å². The molecule has 2 aliphatic carbocycles. The zero-order valence-corrected chi connectivity index (χ0v) is 9.99. The summed E-state index contributed by atoms with van der Waals surface area (Å²) in [5.41, 5.74) is 0.787. The van der Waals surface area contributed by atoms with E-state index in [9.17, 15) is 4.79 Å². The SMILES string of the molecule is O=C1C2C=CC(Cl)N=C2CC2CCCCC12. The van der Waals surface area contributed by atoms with E-state index in [1.165, 1.54) is 19.3 Å². The number of rotatable bonds is 0. The number of hydrogen-bond acceptors (Lipinski definition) is 2. The van der Waals surface area contributed by atoms with Crippen LogP contribution in [-0.4, -0.2) is 17.0 Å². The summed E-state index contributed by atoms with van der Waals surface area (Å²) >= 11 is 5.97. The predicted octanol–water partition coefficient (Wildman–Crippen LogP) is 2.96. The molecule has 3 aliphatic rings. The number of hydrogen-bond donors (Lipinski definition) is 0. The Morgan fingerprint density at radius 1 is 1.25 bits per heavy atom. The molecule has 2 saturated carbocycles. The molecule has 16 heavy (non-hydrogen) atoms. The van der Waals surface area contributed by atoms with Crippen LogP contribution in [0.2, 0.25) is 0 Å². The second-order valence-corrected chi connectivity index (χ2v) is 5.56. The third kappa shape index (κ3) is 1.64. The molecule has 4 unspecified atom stereocenters. The Bertz CT molecular complexity index is 374. The van der Waals surface area contributed by atoms with Gasteiger partial charge in [-0.15, -0.1) is 0 Å². The molecule has 0 aromatic carbocycles. The maximum Gasteiger partial charge on any atom is 0.148 e. The fourth-order valence-corrected chi connectivity index (χ4v) is 3.57. The van der Waals surface area contributed by atoms with E-state index in [1.54, 1.807) is 0 Å². The molecule has 2 fully saturated rings. The molecule has 0 aromatic rings. The summed E-state index contributed by atoms with van der Waals surface area (Å²) < 4.78 is 0. The van der Waals surface area contributed by atoms with Gasteiger partial charge in [0.05, 0.1) is 5.92 Å². The molecule has 0 radical (unpaired) electrons. The van der Waals surface area contributed by atoms with Gasteiger partial charge in [-0.25, -0.2) is 0 Å². The van der Waals surface area contributed by atoms with Gasteiger partial charge in [0.1, 0.15) is 11.3 Å². The van der Waals surface area contributed by atoms with E-state index >= 15 is 0 Å². The van der Waals surface area contributed by atoms with Crippen LogP contribution in [0.4, 0.5) is 0 Å². The van der Waals surface area contributed by atoms with Crippen molar-refractivity contribution in [1.82, 2.24) is 0 Å². The molecule has 0 aromatic heterocycles. The molecule has 3 heteroatoms. The van der Waals surface area contributed by atoms with Crippen LogP contribution < -0.4 is 0 Å². The van der Waals surface area contributed by atoms with Gasteiger partial charge in [-0.1, -0.05) is 30.5 Å². The third-order valence-electron chi connectivity index (χ3n) is 4.16. The van der Waals surface area contributed by atoms with Gasteiger partial charge < -0.3 is 0 Å². The van der Waals surface area contributed by atoms with Crippen molar-refractivity contribution in [2.45, 2.75) is 37.6 Å². The van der Waals surface area contributed by atoms with Crippen LogP contribution in [0.25, 0.3) is 0 Å². The first-order valence-corrected chi connectivity index (χ1v) is 6.62. The fourth-order valence-electron chi connectivity index (χ4n) is 3.36. The molecule has 0 saturated heterocycles. The lowest BCUT2D eigenvalue weighted by Crippen LogP contribution is -2.43. The first kappa shape index (κ1) is 10.5. The number of ketones is 1. The minimum atomic E-state index is -0.251. The van der Waals surface area contributed by atoms with Crippen LogP contribution in [0, 0.1) is 17.8 Å². The minimum absolute atomic E-state index is 0.0469. The van der Waals surface area contributed by atoms with Crippen molar-refractivity contribution in [2.24, 2.45) is 22.7 Å². The number of carbonyl (C=O) groups is 1. The molecular weight excluding hydrogens is 222 g/mol. The Morgan fingerprint density at radius 3 is 2.94 bits per heavy atom. The van der Waals surface area contributed by atoms with Gasteiger partial charge in [-0.05, 0) is 31.3 Å². The fraction of sp³-hybridized carbons (Fsp3) is 0.692. The predicted molar refractivity (Wildman–Crippen MR) is 64.8 cm³/mol. The molecule has 0 spiro atoms. The summed E-state index contributed by atoms with van der Waals surface area (Å²) in [6.07, 6.45) is 9.57. The van der Waals surface area contributed by atoms with Gasteiger partial charge in [0.25, 0.3) is 0 Å². The summed E-state index contributed by atoms with van der Waals surface area (Å²) in [4.78, 5) is 16.7. The van der Waals surface area contributed by atoms with Crippen molar-refractivity contribution in [2.75, 3.05) is 0 Å². The first-order chi connectivity index (χ1) is 7.75. The molecule has 86 valence electrons. The van der Waals surface area contributed by atoms with Gasteiger partial charge in [0.2, 0.25) is 0 Å². The number of carbonyl (C=O) groups excluding carboxylic acids is 1. The largest absolute Gasteiger partial charge is 0.298 e. The highest BCUT2D eigenvalue weighted by molar-refractivity contribution is 6.23. The Balaban J connectivity index is 1.89. The Morgan fingerprint density at radius 2 is 2.06 bits per heavy atom.